The van der Waals surface area contributed by atoms with Gasteiger partial charge in [-0.1, -0.05) is 35.5 Å². The Morgan fingerprint density at radius 2 is 1.93 bits per heavy atom. The van der Waals surface area contributed by atoms with E-state index in [1.54, 1.807) is 17.0 Å². The molecule has 3 aromatic rings. The maximum Gasteiger partial charge on any atom is 0.260 e. The van der Waals surface area contributed by atoms with Crippen LogP contribution in [0.3, 0.4) is 0 Å². The van der Waals surface area contributed by atoms with Crippen molar-refractivity contribution in [1.82, 2.24) is 15.0 Å². The molecule has 1 amide bonds. The highest BCUT2D eigenvalue weighted by Crippen LogP contribution is 2.28. The Labute approximate surface area is 161 Å². The maximum absolute atomic E-state index is 13.1. The number of benzene rings is 2. The van der Waals surface area contributed by atoms with Gasteiger partial charge in [-0.15, -0.1) is 0 Å². The van der Waals surface area contributed by atoms with E-state index in [0.717, 1.165) is 12.8 Å². The summed E-state index contributed by atoms with van der Waals surface area (Å²) in [5, 5.41) is 14.5. The standard InChI is InChI=1S/C21H20FN3O3/c22-17-10-8-15(9-11-17)21(27)25-12-4-7-16(13-25)19-23-20(28-24-19)18(26)14-5-2-1-3-6-14/h1-3,5-6,8-11,16,18,26H,4,7,12-13H2/t16-,18?/m0/s1. The quantitative estimate of drug-likeness (QED) is 0.750. The van der Waals surface area contributed by atoms with E-state index >= 15 is 0 Å². The highest BCUT2D eigenvalue weighted by atomic mass is 19.1. The number of halogens is 1. The number of rotatable bonds is 4. The van der Waals surface area contributed by atoms with Crippen molar-refractivity contribution in [2.75, 3.05) is 13.1 Å². The Kier molecular flexibility index (Phi) is 5.16. The van der Waals surface area contributed by atoms with Gasteiger partial charge in [-0.3, -0.25) is 4.79 Å². The lowest BCUT2D eigenvalue weighted by molar-refractivity contribution is 0.0703. The van der Waals surface area contributed by atoms with Gasteiger partial charge < -0.3 is 14.5 Å². The number of nitrogens with zero attached hydrogens (tertiary/aromatic N) is 3. The van der Waals surface area contributed by atoms with E-state index in [2.05, 4.69) is 10.1 Å². The summed E-state index contributed by atoms with van der Waals surface area (Å²) < 4.78 is 18.4. The molecule has 1 fully saturated rings. The zero-order chi connectivity index (χ0) is 19.5. The topological polar surface area (TPSA) is 79.5 Å². The molecule has 1 aliphatic heterocycles. The third-order valence-electron chi connectivity index (χ3n) is 4.97. The number of aromatic nitrogens is 2. The van der Waals surface area contributed by atoms with Crippen molar-refractivity contribution in [1.29, 1.82) is 0 Å². The summed E-state index contributed by atoms with van der Waals surface area (Å²) in [5.41, 5.74) is 1.13. The number of likely N-dealkylation sites (tertiary alicyclic amines) is 1. The highest BCUT2D eigenvalue weighted by molar-refractivity contribution is 5.94. The molecule has 144 valence electrons. The molecule has 2 heterocycles. The average molecular weight is 381 g/mol. The van der Waals surface area contributed by atoms with Crippen LogP contribution in [-0.2, 0) is 0 Å². The van der Waals surface area contributed by atoms with Crippen molar-refractivity contribution in [3.05, 3.63) is 83.3 Å². The fraction of sp³-hybridized carbons (Fsp3) is 0.286. The second kappa shape index (κ2) is 7.90. The van der Waals surface area contributed by atoms with Crippen LogP contribution in [0.1, 0.15) is 52.5 Å². The zero-order valence-electron chi connectivity index (χ0n) is 15.2. The van der Waals surface area contributed by atoms with Gasteiger partial charge in [0, 0.05) is 24.6 Å². The molecule has 1 unspecified atom stereocenters. The summed E-state index contributed by atoms with van der Waals surface area (Å²) in [5.74, 6) is 0.0468. The lowest BCUT2D eigenvalue weighted by Gasteiger charge is -2.31. The van der Waals surface area contributed by atoms with Crippen molar-refractivity contribution in [2.24, 2.45) is 0 Å². The van der Waals surface area contributed by atoms with Gasteiger partial charge >= 0.3 is 0 Å². The van der Waals surface area contributed by atoms with E-state index in [0.29, 0.717) is 30.0 Å². The van der Waals surface area contributed by atoms with Crippen LogP contribution >= 0.6 is 0 Å². The van der Waals surface area contributed by atoms with Crippen molar-refractivity contribution >= 4 is 5.91 Å². The summed E-state index contributed by atoms with van der Waals surface area (Å²) >= 11 is 0. The lowest BCUT2D eigenvalue weighted by Crippen LogP contribution is -2.39. The number of aliphatic hydroxyl groups is 1. The van der Waals surface area contributed by atoms with Gasteiger partial charge in [0.05, 0.1) is 0 Å². The lowest BCUT2D eigenvalue weighted by atomic mass is 9.96. The summed E-state index contributed by atoms with van der Waals surface area (Å²) in [7, 11) is 0. The monoisotopic (exact) mass is 381 g/mol. The van der Waals surface area contributed by atoms with Crippen molar-refractivity contribution in [3.8, 4) is 0 Å². The van der Waals surface area contributed by atoms with E-state index in [1.807, 2.05) is 18.2 Å². The Bertz CT molecular complexity index is 943. The first-order valence-corrected chi connectivity index (χ1v) is 9.23. The second-order valence-corrected chi connectivity index (χ2v) is 6.90. The SMILES string of the molecule is O=C(c1ccc(F)cc1)N1CCC[C@H](c2noc(C(O)c3ccccc3)n2)C1. The minimum absolute atomic E-state index is 0.0707. The van der Waals surface area contributed by atoms with Gasteiger partial charge in [0.1, 0.15) is 5.82 Å². The summed E-state index contributed by atoms with van der Waals surface area (Å²) in [6.45, 7) is 1.08. The van der Waals surface area contributed by atoms with Crippen LogP contribution < -0.4 is 0 Å². The normalized spacial score (nSPS) is 18.1. The molecule has 6 nitrogen and oxygen atoms in total. The fourth-order valence-corrected chi connectivity index (χ4v) is 3.45. The van der Waals surface area contributed by atoms with Crippen molar-refractivity contribution in [2.45, 2.75) is 24.9 Å². The third-order valence-corrected chi connectivity index (χ3v) is 4.97. The van der Waals surface area contributed by atoms with E-state index in [1.165, 1.54) is 24.3 Å². The van der Waals surface area contributed by atoms with Gasteiger partial charge in [-0.05, 0) is 42.7 Å². The smallest absolute Gasteiger partial charge is 0.260 e. The fourth-order valence-electron chi connectivity index (χ4n) is 3.45. The summed E-state index contributed by atoms with van der Waals surface area (Å²) in [6, 6.07) is 14.6. The molecule has 1 saturated heterocycles. The van der Waals surface area contributed by atoms with Gasteiger partial charge in [-0.25, -0.2) is 4.39 Å². The van der Waals surface area contributed by atoms with Crippen LogP contribution in [-0.4, -0.2) is 39.1 Å². The first kappa shape index (κ1) is 18.3. The van der Waals surface area contributed by atoms with E-state index in [-0.39, 0.29) is 23.5 Å². The van der Waals surface area contributed by atoms with Crippen LogP contribution in [0, 0.1) is 5.82 Å². The van der Waals surface area contributed by atoms with Gasteiger partial charge in [-0.2, -0.15) is 4.98 Å². The van der Waals surface area contributed by atoms with E-state index in [9.17, 15) is 14.3 Å². The van der Waals surface area contributed by atoms with Crippen molar-refractivity contribution < 1.29 is 18.8 Å². The average Bonchev–Trinajstić information content (AvgIpc) is 3.24. The molecule has 2 aromatic carbocycles. The predicted octanol–water partition coefficient (Wildman–Crippen LogP) is 3.31. The molecule has 0 saturated carbocycles. The first-order valence-electron chi connectivity index (χ1n) is 9.23. The first-order chi connectivity index (χ1) is 13.6. The minimum Gasteiger partial charge on any atom is -0.378 e. The Balaban J connectivity index is 1.47. The van der Waals surface area contributed by atoms with Crippen molar-refractivity contribution in [3.63, 3.8) is 0 Å². The van der Waals surface area contributed by atoms with E-state index < -0.39 is 6.10 Å². The number of carbonyl (C=O) groups excluding carboxylic acids is 1. The maximum atomic E-state index is 13.1. The summed E-state index contributed by atoms with van der Waals surface area (Å²) in [4.78, 5) is 18.8. The predicted molar refractivity (Wildman–Crippen MR) is 99.1 cm³/mol. The molecule has 7 heteroatoms. The zero-order valence-corrected chi connectivity index (χ0v) is 15.2. The van der Waals surface area contributed by atoms with Gasteiger partial charge in [0.25, 0.3) is 11.8 Å². The molecule has 0 spiro atoms. The Morgan fingerprint density at radius 1 is 1.18 bits per heavy atom. The number of hydrogen-bond acceptors (Lipinski definition) is 5. The van der Waals surface area contributed by atoms with Crippen LogP contribution in [0.15, 0.2) is 59.1 Å². The molecule has 4 rings (SSSR count). The van der Waals surface area contributed by atoms with Gasteiger partial charge in [0.15, 0.2) is 11.9 Å². The number of amides is 1. The molecule has 1 aliphatic rings. The highest BCUT2D eigenvalue weighted by Gasteiger charge is 2.29. The van der Waals surface area contributed by atoms with Crippen LogP contribution in [0.5, 0.6) is 0 Å². The number of piperidine rings is 1. The molecule has 0 radical (unpaired) electrons. The Hall–Kier alpha value is -3.06. The molecule has 28 heavy (non-hydrogen) atoms. The molecule has 2 atom stereocenters. The van der Waals surface area contributed by atoms with Crippen LogP contribution in [0.4, 0.5) is 4.39 Å². The molecular weight excluding hydrogens is 361 g/mol. The largest absolute Gasteiger partial charge is 0.378 e. The molecule has 1 N–H and O–H groups in total. The molecular formula is C21H20FN3O3. The molecule has 1 aromatic heterocycles. The van der Waals surface area contributed by atoms with Gasteiger partial charge in [0.2, 0.25) is 0 Å². The number of carbonyl (C=O) groups is 1. The summed E-state index contributed by atoms with van der Waals surface area (Å²) in [6.07, 6.45) is 0.652. The Morgan fingerprint density at radius 3 is 2.68 bits per heavy atom. The minimum atomic E-state index is -0.983. The van der Waals surface area contributed by atoms with Crippen LogP contribution in [0.2, 0.25) is 0 Å². The molecule has 0 bridgehead atoms. The second-order valence-electron chi connectivity index (χ2n) is 6.90. The third kappa shape index (κ3) is 3.80. The van der Waals surface area contributed by atoms with Crippen LogP contribution in [0.25, 0.3) is 0 Å². The molecule has 0 aliphatic carbocycles. The number of hydrogen-bond donors (Lipinski definition) is 1. The van der Waals surface area contributed by atoms with E-state index in [4.69, 9.17) is 4.52 Å². The number of aliphatic hydroxyl groups excluding tert-OH is 1.